The van der Waals surface area contributed by atoms with Crippen LogP contribution in [0, 0.1) is 0 Å². The Morgan fingerprint density at radius 3 is 2.85 bits per heavy atom. The molecule has 70 valence electrons. The molecule has 4 nitrogen and oxygen atoms in total. The molecule has 0 spiro atoms. The van der Waals surface area contributed by atoms with E-state index in [1.54, 1.807) is 13.8 Å². The number of carbonyl (C=O) groups excluding carboxylic acids is 1. The van der Waals surface area contributed by atoms with Gasteiger partial charge in [0.05, 0.1) is 6.10 Å². The first-order chi connectivity index (χ1) is 6.09. The van der Waals surface area contributed by atoms with Crippen LogP contribution in [0.4, 0.5) is 0 Å². The predicted molar refractivity (Wildman–Crippen MR) is 47.6 cm³/mol. The lowest BCUT2D eigenvalue weighted by Gasteiger charge is -2.05. The monoisotopic (exact) mass is 200 g/mol. The molecule has 1 aromatic heterocycles. The summed E-state index contributed by atoms with van der Waals surface area (Å²) in [4.78, 5) is 18.6. The van der Waals surface area contributed by atoms with Gasteiger partial charge in [-0.25, -0.2) is 14.8 Å². The summed E-state index contributed by atoms with van der Waals surface area (Å²) in [5, 5.41) is 0.228. The molecule has 0 N–H and O–H groups in total. The highest BCUT2D eigenvalue weighted by molar-refractivity contribution is 6.29. The van der Waals surface area contributed by atoms with Crippen LogP contribution in [-0.4, -0.2) is 22.0 Å². The molecule has 0 aromatic carbocycles. The summed E-state index contributed by atoms with van der Waals surface area (Å²) < 4.78 is 4.87. The van der Waals surface area contributed by atoms with Crippen molar-refractivity contribution in [2.75, 3.05) is 0 Å². The molecular formula is C8H9ClN2O2. The number of ether oxygens (including phenoxy) is 1. The Morgan fingerprint density at radius 1 is 1.62 bits per heavy atom. The highest BCUT2D eigenvalue weighted by atomic mass is 35.5. The lowest BCUT2D eigenvalue weighted by molar-refractivity contribution is 0.0363. The van der Waals surface area contributed by atoms with Gasteiger partial charge in [-0.05, 0) is 19.9 Å². The summed E-state index contributed by atoms with van der Waals surface area (Å²) >= 11 is 5.57. The molecule has 5 heteroatoms. The van der Waals surface area contributed by atoms with Gasteiger partial charge in [0.15, 0.2) is 0 Å². The third kappa shape index (κ3) is 2.99. The van der Waals surface area contributed by atoms with Gasteiger partial charge in [0.25, 0.3) is 0 Å². The van der Waals surface area contributed by atoms with Crippen LogP contribution < -0.4 is 0 Å². The Balaban J connectivity index is 2.77. The number of nitrogens with zero attached hydrogens (tertiary/aromatic N) is 2. The van der Waals surface area contributed by atoms with Crippen molar-refractivity contribution in [3.05, 3.63) is 23.2 Å². The second kappa shape index (κ2) is 4.18. The summed E-state index contributed by atoms with van der Waals surface area (Å²) in [6, 6.07) is 1.49. The minimum atomic E-state index is -0.558. The normalized spacial score (nSPS) is 10.2. The highest BCUT2D eigenvalue weighted by Gasteiger charge is 2.12. The summed E-state index contributed by atoms with van der Waals surface area (Å²) in [6.45, 7) is 3.50. The fourth-order valence-electron chi connectivity index (χ4n) is 0.702. The number of hydrogen-bond donors (Lipinski definition) is 0. The van der Waals surface area contributed by atoms with E-state index in [1.165, 1.54) is 12.3 Å². The molecule has 0 fully saturated rings. The predicted octanol–water partition coefficient (Wildman–Crippen LogP) is 1.70. The maximum atomic E-state index is 11.2. The molecule has 0 aliphatic rings. The van der Waals surface area contributed by atoms with Gasteiger partial charge >= 0.3 is 5.97 Å². The molecule has 0 atom stereocenters. The fraction of sp³-hybridized carbons (Fsp3) is 0.375. The van der Waals surface area contributed by atoms with Crippen molar-refractivity contribution in [3.63, 3.8) is 0 Å². The molecule has 0 bridgehead atoms. The van der Waals surface area contributed by atoms with Crippen LogP contribution in [0.2, 0.25) is 5.15 Å². The lowest BCUT2D eigenvalue weighted by Crippen LogP contribution is -2.14. The largest absolute Gasteiger partial charge is 0.457 e. The van der Waals surface area contributed by atoms with E-state index in [1.807, 2.05) is 0 Å². The van der Waals surface area contributed by atoms with Crippen molar-refractivity contribution < 1.29 is 9.53 Å². The first-order valence-electron chi connectivity index (χ1n) is 3.79. The maximum Gasteiger partial charge on any atom is 0.376 e. The van der Waals surface area contributed by atoms with Gasteiger partial charge in [0, 0.05) is 6.20 Å². The number of rotatable bonds is 2. The lowest BCUT2D eigenvalue weighted by atomic mass is 10.5. The van der Waals surface area contributed by atoms with E-state index in [2.05, 4.69) is 9.97 Å². The molecule has 0 amide bonds. The first-order valence-corrected chi connectivity index (χ1v) is 4.17. The highest BCUT2D eigenvalue weighted by Crippen LogP contribution is 2.04. The Morgan fingerprint density at radius 2 is 2.31 bits per heavy atom. The van der Waals surface area contributed by atoms with E-state index in [-0.39, 0.29) is 17.1 Å². The van der Waals surface area contributed by atoms with Crippen LogP contribution in [0.15, 0.2) is 12.3 Å². The van der Waals surface area contributed by atoms with E-state index in [0.29, 0.717) is 0 Å². The second-order valence-electron chi connectivity index (χ2n) is 2.66. The van der Waals surface area contributed by atoms with E-state index >= 15 is 0 Å². The van der Waals surface area contributed by atoms with Gasteiger partial charge in [0.1, 0.15) is 5.15 Å². The summed E-state index contributed by atoms with van der Waals surface area (Å²) in [7, 11) is 0. The topological polar surface area (TPSA) is 52.1 Å². The molecule has 0 radical (unpaired) electrons. The van der Waals surface area contributed by atoms with Gasteiger partial charge in [-0.1, -0.05) is 11.6 Å². The number of halogens is 1. The van der Waals surface area contributed by atoms with Gasteiger partial charge in [0.2, 0.25) is 5.82 Å². The summed E-state index contributed by atoms with van der Waals surface area (Å²) in [5.41, 5.74) is 0. The van der Waals surface area contributed by atoms with Crippen LogP contribution >= 0.6 is 11.6 Å². The van der Waals surface area contributed by atoms with E-state index in [4.69, 9.17) is 16.3 Å². The molecule has 13 heavy (non-hydrogen) atoms. The molecule has 0 aliphatic heterocycles. The van der Waals surface area contributed by atoms with Crippen LogP contribution in [0.25, 0.3) is 0 Å². The molecule has 1 heterocycles. The Bertz CT molecular complexity index is 315. The van der Waals surface area contributed by atoms with Crippen molar-refractivity contribution in [3.8, 4) is 0 Å². The minimum Gasteiger partial charge on any atom is -0.457 e. The van der Waals surface area contributed by atoms with Crippen LogP contribution in [0.3, 0.4) is 0 Å². The third-order valence-corrected chi connectivity index (χ3v) is 1.36. The first kappa shape index (κ1) is 9.92. The average molecular weight is 201 g/mol. The zero-order chi connectivity index (χ0) is 9.84. The fourth-order valence-corrected chi connectivity index (χ4v) is 0.838. The Hall–Kier alpha value is -1.16. The van der Waals surface area contributed by atoms with Crippen molar-refractivity contribution in [2.45, 2.75) is 20.0 Å². The Kier molecular flexibility index (Phi) is 3.19. The van der Waals surface area contributed by atoms with E-state index < -0.39 is 5.97 Å². The van der Waals surface area contributed by atoms with Crippen molar-refractivity contribution >= 4 is 17.6 Å². The quantitative estimate of drug-likeness (QED) is 0.539. The van der Waals surface area contributed by atoms with Crippen molar-refractivity contribution in [1.29, 1.82) is 0 Å². The zero-order valence-electron chi connectivity index (χ0n) is 7.32. The smallest absolute Gasteiger partial charge is 0.376 e. The van der Waals surface area contributed by atoms with E-state index in [0.717, 1.165) is 0 Å². The van der Waals surface area contributed by atoms with Gasteiger partial charge in [-0.15, -0.1) is 0 Å². The molecule has 0 saturated heterocycles. The van der Waals surface area contributed by atoms with Crippen molar-refractivity contribution in [1.82, 2.24) is 9.97 Å². The molecule has 1 aromatic rings. The number of hydrogen-bond acceptors (Lipinski definition) is 4. The number of aromatic nitrogens is 2. The van der Waals surface area contributed by atoms with Crippen LogP contribution in [-0.2, 0) is 4.74 Å². The molecule has 0 saturated carbocycles. The SMILES string of the molecule is CC(C)OC(=O)c1nccc(Cl)n1. The average Bonchev–Trinajstić information content (AvgIpc) is 2.03. The molecular weight excluding hydrogens is 192 g/mol. The van der Waals surface area contributed by atoms with Crippen LogP contribution in [0.1, 0.15) is 24.5 Å². The minimum absolute atomic E-state index is 0.0128. The standard InChI is InChI=1S/C8H9ClN2O2/c1-5(2)13-8(12)7-10-4-3-6(9)11-7/h3-5H,1-2H3. The zero-order valence-corrected chi connectivity index (χ0v) is 8.08. The van der Waals surface area contributed by atoms with Crippen molar-refractivity contribution in [2.24, 2.45) is 0 Å². The Labute approximate surface area is 80.9 Å². The third-order valence-electron chi connectivity index (χ3n) is 1.15. The summed E-state index contributed by atoms with van der Waals surface area (Å²) in [6.07, 6.45) is 1.22. The second-order valence-corrected chi connectivity index (χ2v) is 3.04. The van der Waals surface area contributed by atoms with E-state index in [9.17, 15) is 4.79 Å². The molecule has 0 aliphatic carbocycles. The maximum absolute atomic E-state index is 11.2. The van der Waals surface area contributed by atoms with Gasteiger partial charge < -0.3 is 4.74 Å². The van der Waals surface area contributed by atoms with Crippen LogP contribution in [0.5, 0.6) is 0 Å². The van der Waals surface area contributed by atoms with Gasteiger partial charge in [-0.3, -0.25) is 0 Å². The van der Waals surface area contributed by atoms with Gasteiger partial charge in [-0.2, -0.15) is 0 Å². The number of esters is 1. The molecule has 0 unspecified atom stereocenters. The number of carbonyl (C=O) groups is 1. The summed E-state index contributed by atoms with van der Waals surface area (Å²) in [5.74, 6) is -0.571. The molecule has 1 rings (SSSR count).